The highest BCUT2D eigenvalue weighted by atomic mass is 16.5. The molecule has 19 heavy (non-hydrogen) atoms. The van der Waals surface area contributed by atoms with Crippen LogP contribution in [0.1, 0.15) is 38.0 Å². The molecule has 0 spiro atoms. The van der Waals surface area contributed by atoms with Gasteiger partial charge in [0.15, 0.2) is 0 Å². The van der Waals surface area contributed by atoms with E-state index in [0.29, 0.717) is 6.61 Å². The third-order valence-corrected chi connectivity index (χ3v) is 3.07. The Bertz CT molecular complexity index is 354. The van der Waals surface area contributed by atoms with Crippen LogP contribution in [0.3, 0.4) is 0 Å². The average molecular weight is 265 g/mol. The molecule has 3 heteroatoms. The largest absolute Gasteiger partial charge is 0.379 e. The van der Waals surface area contributed by atoms with E-state index in [2.05, 4.69) is 50.4 Å². The van der Waals surface area contributed by atoms with Crippen molar-refractivity contribution in [3.05, 3.63) is 35.4 Å². The van der Waals surface area contributed by atoms with Crippen LogP contribution in [0.4, 0.5) is 0 Å². The van der Waals surface area contributed by atoms with Gasteiger partial charge >= 0.3 is 0 Å². The number of aryl methyl sites for hydroxylation is 1. The fourth-order valence-electron chi connectivity index (χ4n) is 2.06. The predicted molar refractivity (Wildman–Crippen MR) is 79.5 cm³/mol. The topological polar surface area (TPSA) is 30.5 Å². The molecular weight excluding hydrogens is 238 g/mol. The van der Waals surface area contributed by atoms with Gasteiger partial charge in [-0.05, 0) is 38.4 Å². The summed E-state index contributed by atoms with van der Waals surface area (Å²) in [7, 11) is 0. The molecule has 0 saturated heterocycles. The molecule has 1 aromatic carbocycles. The van der Waals surface area contributed by atoms with E-state index in [-0.39, 0.29) is 12.2 Å². The molecule has 0 fully saturated rings. The van der Waals surface area contributed by atoms with Crippen LogP contribution in [0.25, 0.3) is 0 Å². The van der Waals surface area contributed by atoms with Crippen LogP contribution in [-0.4, -0.2) is 32.4 Å². The Kier molecular flexibility index (Phi) is 7.72. The summed E-state index contributed by atoms with van der Waals surface area (Å²) < 4.78 is 11.6. The van der Waals surface area contributed by atoms with Crippen LogP contribution >= 0.6 is 0 Å². The third kappa shape index (κ3) is 5.72. The van der Waals surface area contributed by atoms with Crippen molar-refractivity contribution in [3.8, 4) is 0 Å². The number of nitrogens with one attached hydrogen (secondary N) is 1. The Morgan fingerprint density at radius 2 is 1.95 bits per heavy atom. The second-order valence-electron chi connectivity index (χ2n) is 4.76. The maximum atomic E-state index is 6.13. The van der Waals surface area contributed by atoms with Gasteiger partial charge < -0.3 is 14.8 Å². The summed E-state index contributed by atoms with van der Waals surface area (Å²) >= 11 is 0. The number of likely N-dealkylation sites (N-methyl/N-ethyl adjacent to an activating group) is 1. The highest BCUT2D eigenvalue weighted by molar-refractivity contribution is 5.28. The molecule has 0 aromatic heterocycles. The van der Waals surface area contributed by atoms with E-state index in [0.717, 1.165) is 19.7 Å². The van der Waals surface area contributed by atoms with Crippen LogP contribution in [0.2, 0.25) is 0 Å². The zero-order chi connectivity index (χ0) is 14.1. The van der Waals surface area contributed by atoms with Crippen molar-refractivity contribution < 1.29 is 9.47 Å². The third-order valence-electron chi connectivity index (χ3n) is 3.07. The molecule has 1 aromatic rings. The molecule has 1 rings (SSSR count). The molecule has 2 atom stereocenters. The van der Waals surface area contributed by atoms with Crippen LogP contribution < -0.4 is 5.32 Å². The first-order valence-corrected chi connectivity index (χ1v) is 7.18. The van der Waals surface area contributed by atoms with Crippen LogP contribution in [0, 0.1) is 6.92 Å². The SMILES string of the molecule is CCNCC(OC(C)COCC)c1ccccc1C. The molecule has 2 unspecified atom stereocenters. The molecule has 0 amide bonds. The lowest BCUT2D eigenvalue weighted by atomic mass is 10.0. The fourth-order valence-corrected chi connectivity index (χ4v) is 2.06. The summed E-state index contributed by atoms with van der Waals surface area (Å²) in [6, 6.07) is 8.40. The molecule has 108 valence electrons. The van der Waals surface area contributed by atoms with E-state index in [9.17, 15) is 0 Å². The Morgan fingerprint density at radius 3 is 2.58 bits per heavy atom. The highest BCUT2D eigenvalue weighted by Gasteiger charge is 2.17. The molecule has 0 bridgehead atoms. The first-order valence-electron chi connectivity index (χ1n) is 7.18. The maximum absolute atomic E-state index is 6.13. The van der Waals surface area contributed by atoms with Crippen molar-refractivity contribution in [2.45, 2.75) is 39.9 Å². The number of hydrogen-bond acceptors (Lipinski definition) is 3. The molecule has 0 aliphatic carbocycles. The van der Waals surface area contributed by atoms with Gasteiger partial charge in [-0.15, -0.1) is 0 Å². The minimum absolute atomic E-state index is 0.0802. The maximum Gasteiger partial charge on any atom is 0.0956 e. The minimum atomic E-state index is 0.0802. The van der Waals surface area contributed by atoms with Crippen molar-refractivity contribution in [1.29, 1.82) is 0 Å². The standard InChI is InChI=1S/C16H27NO2/c1-5-17-11-16(19-14(4)12-18-6-2)15-10-8-7-9-13(15)3/h7-10,14,16-17H,5-6,11-12H2,1-4H3. The Morgan fingerprint density at radius 1 is 1.21 bits per heavy atom. The van der Waals surface area contributed by atoms with Crippen LogP contribution in [0.15, 0.2) is 24.3 Å². The van der Waals surface area contributed by atoms with E-state index in [1.54, 1.807) is 0 Å². The molecule has 0 radical (unpaired) electrons. The molecule has 0 heterocycles. The number of hydrogen-bond donors (Lipinski definition) is 1. The monoisotopic (exact) mass is 265 g/mol. The lowest BCUT2D eigenvalue weighted by Crippen LogP contribution is -2.28. The van der Waals surface area contributed by atoms with Gasteiger partial charge in [0.2, 0.25) is 0 Å². The number of benzene rings is 1. The molecule has 0 aliphatic heterocycles. The van der Waals surface area contributed by atoms with Gasteiger partial charge in [-0.1, -0.05) is 31.2 Å². The van der Waals surface area contributed by atoms with Crippen molar-refractivity contribution in [3.63, 3.8) is 0 Å². The fraction of sp³-hybridized carbons (Fsp3) is 0.625. The van der Waals surface area contributed by atoms with E-state index >= 15 is 0 Å². The average Bonchev–Trinajstić information content (AvgIpc) is 2.42. The summed E-state index contributed by atoms with van der Waals surface area (Å²) in [5, 5.41) is 3.37. The van der Waals surface area contributed by atoms with Crippen LogP contribution in [-0.2, 0) is 9.47 Å². The zero-order valence-corrected chi connectivity index (χ0v) is 12.6. The molecule has 0 aliphatic rings. The highest BCUT2D eigenvalue weighted by Crippen LogP contribution is 2.22. The first-order chi connectivity index (χ1) is 9.19. The predicted octanol–water partition coefficient (Wildman–Crippen LogP) is 3.09. The summed E-state index contributed by atoms with van der Waals surface area (Å²) in [6.07, 6.45) is 0.180. The molecular formula is C16H27NO2. The summed E-state index contributed by atoms with van der Waals surface area (Å²) in [6.45, 7) is 11.5. The van der Waals surface area contributed by atoms with Gasteiger partial charge in [0.1, 0.15) is 0 Å². The van der Waals surface area contributed by atoms with Crippen molar-refractivity contribution in [1.82, 2.24) is 5.32 Å². The van der Waals surface area contributed by atoms with E-state index in [1.807, 2.05) is 6.92 Å². The number of ether oxygens (including phenoxy) is 2. The van der Waals surface area contributed by atoms with E-state index < -0.39 is 0 Å². The van der Waals surface area contributed by atoms with E-state index in [1.165, 1.54) is 11.1 Å². The van der Waals surface area contributed by atoms with Gasteiger partial charge in [-0.2, -0.15) is 0 Å². The number of rotatable bonds is 9. The molecule has 3 nitrogen and oxygen atoms in total. The Balaban J connectivity index is 2.69. The summed E-state index contributed by atoms with van der Waals surface area (Å²) in [5.74, 6) is 0. The Hall–Kier alpha value is -0.900. The van der Waals surface area contributed by atoms with Gasteiger partial charge in [0.05, 0.1) is 18.8 Å². The summed E-state index contributed by atoms with van der Waals surface area (Å²) in [5.41, 5.74) is 2.53. The van der Waals surface area contributed by atoms with Gasteiger partial charge in [0, 0.05) is 13.2 Å². The molecule has 0 saturated carbocycles. The molecule has 1 N–H and O–H groups in total. The quantitative estimate of drug-likeness (QED) is 0.744. The van der Waals surface area contributed by atoms with Gasteiger partial charge in [-0.25, -0.2) is 0 Å². The smallest absolute Gasteiger partial charge is 0.0956 e. The zero-order valence-electron chi connectivity index (χ0n) is 12.6. The first kappa shape index (κ1) is 16.2. The summed E-state index contributed by atoms with van der Waals surface area (Å²) in [4.78, 5) is 0. The van der Waals surface area contributed by atoms with E-state index in [4.69, 9.17) is 9.47 Å². The van der Waals surface area contributed by atoms with Crippen molar-refractivity contribution in [2.24, 2.45) is 0 Å². The van der Waals surface area contributed by atoms with Crippen molar-refractivity contribution >= 4 is 0 Å². The van der Waals surface area contributed by atoms with Gasteiger partial charge in [-0.3, -0.25) is 0 Å². The lowest BCUT2D eigenvalue weighted by molar-refractivity contribution is -0.0470. The Labute approximate surface area is 117 Å². The normalized spacial score (nSPS) is 14.3. The van der Waals surface area contributed by atoms with Crippen molar-refractivity contribution in [2.75, 3.05) is 26.3 Å². The van der Waals surface area contributed by atoms with Gasteiger partial charge in [0.25, 0.3) is 0 Å². The van der Waals surface area contributed by atoms with Crippen LogP contribution in [0.5, 0.6) is 0 Å². The lowest BCUT2D eigenvalue weighted by Gasteiger charge is -2.24. The second kappa shape index (κ2) is 9.08. The minimum Gasteiger partial charge on any atom is -0.379 e. The second-order valence-corrected chi connectivity index (χ2v) is 4.76.